The topological polar surface area (TPSA) is 70.6 Å². The lowest BCUT2D eigenvalue weighted by Crippen LogP contribution is -2.49. The number of hydrogen-bond acceptors (Lipinski definition) is 4. The number of carbonyl (C=O) groups is 1. The van der Waals surface area contributed by atoms with E-state index in [1.807, 2.05) is 24.3 Å². The maximum atomic E-state index is 12.0. The van der Waals surface area contributed by atoms with Gasteiger partial charge in [0.1, 0.15) is 12.4 Å². The third kappa shape index (κ3) is 2.72. The van der Waals surface area contributed by atoms with E-state index in [9.17, 15) is 9.90 Å². The van der Waals surface area contributed by atoms with Crippen LogP contribution in [-0.4, -0.2) is 42.4 Å². The van der Waals surface area contributed by atoms with Crippen LogP contribution in [-0.2, 0) is 11.2 Å². The molecule has 0 radical (unpaired) electrons. The first-order valence-corrected chi connectivity index (χ1v) is 6.65. The minimum Gasteiger partial charge on any atom is -0.491 e. The molecule has 0 spiro atoms. The van der Waals surface area contributed by atoms with Gasteiger partial charge in [-0.2, -0.15) is 0 Å². The Morgan fingerprint density at radius 3 is 3.05 bits per heavy atom. The van der Waals surface area contributed by atoms with Crippen LogP contribution in [0.1, 0.15) is 12.0 Å². The Bertz CT molecular complexity index is 478. The summed E-state index contributed by atoms with van der Waals surface area (Å²) in [5.41, 5.74) is 1.12. The fourth-order valence-corrected chi connectivity index (χ4v) is 2.64. The molecule has 1 amide bonds. The van der Waals surface area contributed by atoms with E-state index in [1.165, 1.54) is 0 Å². The highest BCUT2D eigenvalue weighted by molar-refractivity contribution is 5.82. The summed E-state index contributed by atoms with van der Waals surface area (Å²) in [4.78, 5) is 12.0. The SMILES string of the molecule is O=C(N[C@@H]1COc2ccccc2C1)[C@H]1C[C@@H](O)CN1. The Hall–Kier alpha value is -1.59. The van der Waals surface area contributed by atoms with Crippen LogP contribution in [0.3, 0.4) is 0 Å². The number of β-amino-alcohol motifs (C(OH)–C–C–N with tert-alkyl or cyclic N) is 1. The lowest BCUT2D eigenvalue weighted by molar-refractivity contribution is -0.124. The van der Waals surface area contributed by atoms with Gasteiger partial charge in [0, 0.05) is 6.54 Å². The number of rotatable bonds is 2. The molecule has 0 saturated carbocycles. The second-order valence-corrected chi connectivity index (χ2v) is 5.18. The molecule has 102 valence electrons. The van der Waals surface area contributed by atoms with Gasteiger partial charge >= 0.3 is 0 Å². The minimum absolute atomic E-state index is 0.00180. The first-order valence-electron chi connectivity index (χ1n) is 6.65. The maximum Gasteiger partial charge on any atom is 0.237 e. The number of nitrogens with one attached hydrogen (secondary N) is 2. The predicted molar refractivity (Wildman–Crippen MR) is 70.0 cm³/mol. The van der Waals surface area contributed by atoms with Crippen molar-refractivity contribution in [2.75, 3.05) is 13.2 Å². The van der Waals surface area contributed by atoms with Crippen molar-refractivity contribution in [2.24, 2.45) is 0 Å². The molecule has 1 aromatic rings. The van der Waals surface area contributed by atoms with E-state index >= 15 is 0 Å². The molecule has 19 heavy (non-hydrogen) atoms. The second kappa shape index (κ2) is 5.19. The summed E-state index contributed by atoms with van der Waals surface area (Å²) < 4.78 is 5.64. The molecule has 3 rings (SSSR count). The summed E-state index contributed by atoms with van der Waals surface area (Å²) in [5.74, 6) is 0.854. The van der Waals surface area contributed by atoms with Gasteiger partial charge in [0.15, 0.2) is 0 Å². The van der Waals surface area contributed by atoms with E-state index < -0.39 is 6.10 Å². The number of carbonyl (C=O) groups excluding carboxylic acids is 1. The first kappa shape index (κ1) is 12.4. The van der Waals surface area contributed by atoms with Gasteiger partial charge in [-0.15, -0.1) is 0 Å². The van der Waals surface area contributed by atoms with Gasteiger partial charge in [0.25, 0.3) is 0 Å². The number of ether oxygens (including phenoxy) is 1. The van der Waals surface area contributed by atoms with Crippen LogP contribution in [0.4, 0.5) is 0 Å². The molecule has 2 aliphatic rings. The third-order valence-electron chi connectivity index (χ3n) is 3.65. The Morgan fingerprint density at radius 1 is 1.42 bits per heavy atom. The predicted octanol–water partition coefficient (Wildman–Crippen LogP) is -0.171. The standard InChI is InChI=1S/C14H18N2O3/c17-11-6-12(15-7-11)14(18)16-10-5-9-3-1-2-4-13(9)19-8-10/h1-4,10-12,15,17H,5-8H2,(H,16,18)/t10-,11+,12+/m0/s1. The normalized spacial score (nSPS) is 29.4. The minimum atomic E-state index is -0.418. The Balaban J connectivity index is 1.58. The number of benzene rings is 1. The molecule has 2 heterocycles. The second-order valence-electron chi connectivity index (χ2n) is 5.18. The van der Waals surface area contributed by atoms with Crippen LogP contribution in [0.5, 0.6) is 5.75 Å². The van der Waals surface area contributed by atoms with Crippen LogP contribution < -0.4 is 15.4 Å². The molecule has 0 aromatic heterocycles. The zero-order valence-corrected chi connectivity index (χ0v) is 10.6. The summed E-state index contributed by atoms with van der Waals surface area (Å²) in [7, 11) is 0. The van der Waals surface area contributed by atoms with Crippen molar-refractivity contribution in [1.29, 1.82) is 0 Å². The fourth-order valence-electron chi connectivity index (χ4n) is 2.64. The van der Waals surface area contributed by atoms with E-state index in [-0.39, 0.29) is 18.0 Å². The summed E-state index contributed by atoms with van der Waals surface area (Å²) in [6.07, 6.45) is 0.853. The average molecular weight is 262 g/mol. The van der Waals surface area contributed by atoms with Gasteiger partial charge in [0.2, 0.25) is 5.91 Å². The van der Waals surface area contributed by atoms with Crippen molar-refractivity contribution in [2.45, 2.75) is 31.0 Å². The molecular formula is C14H18N2O3. The van der Waals surface area contributed by atoms with Crippen molar-refractivity contribution in [3.63, 3.8) is 0 Å². The molecular weight excluding hydrogens is 244 g/mol. The number of amides is 1. The molecule has 5 heteroatoms. The van der Waals surface area contributed by atoms with E-state index in [0.717, 1.165) is 17.7 Å². The number of fused-ring (bicyclic) bond motifs is 1. The molecule has 1 fully saturated rings. The fraction of sp³-hybridized carbons (Fsp3) is 0.500. The van der Waals surface area contributed by atoms with E-state index in [0.29, 0.717) is 19.6 Å². The zero-order chi connectivity index (χ0) is 13.2. The van der Waals surface area contributed by atoms with Crippen LogP contribution >= 0.6 is 0 Å². The van der Waals surface area contributed by atoms with E-state index in [1.54, 1.807) is 0 Å². The molecule has 0 aliphatic carbocycles. The molecule has 2 aliphatic heterocycles. The van der Waals surface area contributed by atoms with Crippen molar-refractivity contribution in [1.82, 2.24) is 10.6 Å². The van der Waals surface area contributed by atoms with Crippen LogP contribution in [0, 0.1) is 0 Å². The molecule has 3 N–H and O–H groups in total. The van der Waals surface area contributed by atoms with Crippen LogP contribution in [0.2, 0.25) is 0 Å². The van der Waals surface area contributed by atoms with Crippen LogP contribution in [0.25, 0.3) is 0 Å². The zero-order valence-electron chi connectivity index (χ0n) is 10.6. The number of para-hydroxylation sites is 1. The van der Waals surface area contributed by atoms with Gasteiger partial charge in [-0.25, -0.2) is 0 Å². The van der Waals surface area contributed by atoms with E-state index in [2.05, 4.69) is 10.6 Å². The molecule has 1 saturated heterocycles. The first-order chi connectivity index (χ1) is 9.22. The van der Waals surface area contributed by atoms with Gasteiger partial charge < -0.3 is 20.5 Å². The molecule has 1 aromatic carbocycles. The summed E-state index contributed by atoms with van der Waals surface area (Å²) in [5, 5.41) is 15.4. The van der Waals surface area contributed by atoms with Gasteiger partial charge in [0.05, 0.1) is 18.2 Å². The number of hydrogen-bond donors (Lipinski definition) is 3. The molecule has 0 bridgehead atoms. The maximum absolute atomic E-state index is 12.0. The van der Waals surface area contributed by atoms with Crippen molar-refractivity contribution in [3.8, 4) is 5.75 Å². The largest absolute Gasteiger partial charge is 0.491 e. The van der Waals surface area contributed by atoms with E-state index in [4.69, 9.17) is 4.74 Å². The average Bonchev–Trinajstić information content (AvgIpc) is 2.85. The van der Waals surface area contributed by atoms with Gasteiger partial charge in [-0.1, -0.05) is 18.2 Å². The summed E-state index contributed by atoms with van der Waals surface area (Å²) in [6, 6.07) is 7.60. The highest BCUT2D eigenvalue weighted by atomic mass is 16.5. The summed E-state index contributed by atoms with van der Waals surface area (Å²) in [6.45, 7) is 0.986. The van der Waals surface area contributed by atoms with Crippen molar-refractivity contribution >= 4 is 5.91 Å². The lowest BCUT2D eigenvalue weighted by atomic mass is 10.0. The van der Waals surface area contributed by atoms with Crippen molar-refractivity contribution in [3.05, 3.63) is 29.8 Å². The van der Waals surface area contributed by atoms with Gasteiger partial charge in [-0.05, 0) is 24.5 Å². The molecule has 3 atom stereocenters. The van der Waals surface area contributed by atoms with Crippen molar-refractivity contribution < 1.29 is 14.6 Å². The summed E-state index contributed by atoms with van der Waals surface area (Å²) >= 11 is 0. The molecule has 5 nitrogen and oxygen atoms in total. The monoisotopic (exact) mass is 262 g/mol. The number of aliphatic hydroxyl groups excluding tert-OH is 1. The highest BCUT2D eigenvalue weighted by Crippen LogP contribution is 2.24. The Morgan fingerprint density at radius 2 is 2.26 bits per heavy atom. The highest BCUT2D eigenvalue weighted by Gasteiger charge is 2.30. The number of aliphatic hydroxyl groups is 1. The quantitative estimate of drug-likeness (QED) is 0.692. The Kier molecular flexibility index (Phi) is 3.40. The lowest BCUT2D eigenvalue weighted by Gasteiger charge is -2.27. The van der Waals surface area contributed by atoms with Gasteiger partial charge in [-0.3, -0.25) is 4.79 Å². The third-order valence-corrected chi connectivity index (χ3v) is 3.65. The smallest absolute Gasteiger partial charge is 0.237 e. The van der Waals surface area contributed by atoms with Crippen LogP contribution in [0.15, 0.2) is 24.3 Å². The molecule has 0 unspecified atom stereocenters. The Labute approximate surface area is 112 Å².